The van der Waals surface area contributed by atoms with Gasteiger partial charge < -0.3 is 0 Å². The second-order valence-electron chi connectivity index (χ2n) is 47.5. The lowest BCUT2D eigenvalue weighted by Crippen LogP contribution is -2.61. The van der Waals surface area contributed by atoms with Crippen LogP contribution in [0.1, 0.15) is 372 Å². The molecule has 14 aliphatic rings. The number of piperidine rings is 6. The molecule has 0 radical (unpaired) electrons. The van der Waals surface area contributed by atoms with Gasteiger partial charge in [-0.3, -0.25) is 67.9 Å². The van der Waals surface area contributed by atoms with Crippen LogP contribution in [0, 0.1) is 47.3 Å². The molecule has 11 unspecified atom stereocenters. The Morgan fingerprint density at radius 3 is 0.825 bits per heavy atom. The Hall–Kier alpha value is -8.05. The van der Waals surface area contributed by atoms with Gasteiger partial charge in [-0.15, -0.1) is 0 Å². The van der Waals surface area contributed by atoms with Crippen LogP contribution in [0.3, 0.4) is 0 Å². The van der Waals surface area contributed by atoms with Crippen molar-refractivity contribution in [2.24, 2.45) is 47.3 Å². The lowest BCUT2D eigenvalue weighted by Gasteiger charge is -2.52. The summed E-state index contributed by atoms with van der Waals surface area (Å²) in [6.07, 6.45) is 41.5. The highest BCUT2D eigenvalue weighted by molar-refractivity contribution is 5.94. The van der Waals surface area contributed by atoms with Gasteiger partial charge in [0, 0.05) is 108 Å². The van der Waals surface area contributed by atoms with Crippen molar-refractivity contribution < 1.29 is 33.6 Å². The molecule has 7 saturated carbocycles. The molecule has 7 aliphatic carbocycles. The van der Waals surface area contributed by atoms with Crippen LogP contribution in [0.2, 0.25) is 0 Å². The SMILES string of the molecule is CC1CC(C)CN([C@]2(c3ccccc3)CCCCC2=O)C1.CC1CCC(C)N([C@]2(c3ccccc3)CCCCC2=O)C1.CC1CCCCN1[C@]1(c2ccccc2)CCCCC1=O.CC1CCCN([C@]2(c3ccccc3)CCCCC2=O)C1C.CC1CCN([C@]2(c3ccccc3)CCCCC2=O)C(C)C1.CC1CCN([C@]2(c3ccccc3)CCCCC2=O)CC1C.CC1CN([C@]2(c3ccccc3)CCCCC2=O)C1. The molecule has 7 aliphatic heterocycles. The number of nitrogens with zero attached hydrogens (tertiary/aromatic N) is 7. The van der Waals surface area contributed by atoms with E-state index in [1.54, 1.807) is 0 Å². The first-order valence-corrected chi connectivity index (χ1v) is 57.6. The van der Waals surface area contributed by atoms with E-state index in [2.05, 4.69) is 287 Å². The predicted molar refractivity (Wildman–Crippen MR) is 585 cm³/mol. The van der Waals surface area contributed by atoms with Gasteiger partial charge in [0.25, 0.3) is 0 Å². The molecule has 7 heterocycles. The molecule has 21 rings (SSSR count). The fourth-order valence-electron chi connectivity index (χ4n) is 29.6. The highest BCUT2D eigenvalue weighted by atomic mass is 16.2. The third kappa shape index (κ3) is 23.7. The van der Waals surface area contributed by atoms with Crippen LogP contribution in [0.4, 0.5) is 0 Å². The second kappa shape index (κ2) is 50.3. The fourth-order valence-corrected chi connectivity index (χ4v) is 29.6. The number of Topliss-reactive ketones (excluding diaryl/α,β-unsaturated/α-hetero) is 7. The number of likely N-dealkylation sites (tertiary alicyclic amines) is 7. The lowest BCUT2D eigenvalue weighted by molar-refractivity contribution is -0.142. The molecule has 18 atom stereocenters. The quantitative estimate of drug-likeness (QED) is 0.102. The zero-order valence-corrected chi connectivity index (χ0v) is 90.3. The summed E-state index contributed by atoms with van der Waals surface area (Å²) in [6.45, 7) is 38.5. The van der Waals surface area contributed by atoms with Crippen LogP contribution < -0.4 is 0 Å². The van der Waals surface area contributed by atoms with E-state index in [1.807, 2.05) is 42.5 Å². The average Bonchev–Trinajstić information content (AvgIpc) is 0.739. The molecule has 7 aromatic rings. The molecule has 0 N–H and O–H groups in total. The van der Waals surface area contributed by atoms with Gasteiger partial charge in [0.2, 0.25) is 0 Å². The van der Waals surface area contributed by atoms with Crippen LogP contribution in [0.15, 0.2) is 212 Å². The van der Waals surface area contributed by atoms with E-state index in [0.29, 0.717) is 94.2 Å². The van der Waals surface area contributed by atoms with Crippen molar-refractivity contribution >= 4 is 40.5 Å². The van der Waals surface area contributed by atoms with Gasteiger partial charge in [-0.25, -0.2) is 0 Å². The van der Waals surface area contributed by atoms with Crippen LogP contribution in [-0.2, 0) is 72.3 Å². The Morgan fingerprint density at radius 1 is 0.196 bits per heavy atom. The molecule has 0 aromatic heterocycles. The smallest absolute Gasteiger partial charge is 0.157 e. The summed E-state index contributed by atoms with van der Waals surface area (Å²) >= 11 is 0. The van der Waals surface area contributed by atoms with Crippen molar-refractivity contribution in [2.45, 2.75) is 396 Å². The molecular formula is C129H181N7O7. The van der Waals surface area contributed by atoms with Crippen LogP contribution in [-0.4, -0.2) is 164 Å². The normalized spacial score (nSPS) is 33.9. The van der Waals surface area contributed by atoms with Gasteiger partial charge in [-0.05, 0) is 294 Å². The van der Waals surface area contributed by atoms with Crippen molar-refractivity contribution in [3.8, 4) is 0 Å². The van der Waals surface area contributed by atoms with Crippen LogP contribution in [0.5, 0.6) is 0 Å². The fraction of sp³-hybridized carbons (Fsp3) is 0.620. The minimum atomic E-state index is -0.354. The zero-order valence-electron chi connectivity index (χ0n) is 90.3. The van der Waals surface area contributed by atoms with Gasteiger partial charge >= 0.3 is 0 Å². The first-order chi connectivity index (χ1) is 69.2. The van der Waals surface area contributed by atoms with Crippen LogP contribution >= 0.6 is 0 Å². The number of carbonyl (C=O) groups is 7. The highest BCUT2D eigenvalue weighted by Crippen LogP contribution is 2.52. The van der Waals surface area contributed by atoms with E-state index in [9.17, 15) is 33.6 Å². The standard InChI is InChI=1S/5C19H27NO.C18H25NO.C16H21NO/c1-15-9-8-14-20(16(15)2)19(13-7-6-12-18(19)21)17-10-4-3-5-11-17;1-15-11-12-16(2)20(14-15)19(13-7-6-10-18(19)21)17-8-4-3-5-9-17;1-15-11-13-20(14-16(15)2)19(12-7-6-10-18(19)21)17-8-4-3-5-9-17;1-15-11-13-20(16(2)14-15)19(12-7-6-10-18(19)21)17-8-4-3-5-9-17;1-15-12-16(2)14-20(13-15)19(11-7-6-10-18(19)21)17-8-4-3-5-9-17;1-15-9-6-8-14-19(15)18(13-7-5-12-17(18)20)16-10-3-2-4-11-16;1-13-11-17(12-13)16(10-6-5-9-15(16)18)14-7-3-2-4-8-14/h3-5,10-11,15-16H,6-9,12-14H2,1-2H3;4*3-5,8-9,15-16H,6-7,10-14H2,1-2H3;2-4,10-11,15H,5-9,12-14H2,1H3;2-4,7-8,13H,5-6,9-12H2,1H3/t5*15?,16?,19-;15?,18-;16-/m0000000/s1. The average molecular weight is 1940 g/mol. The predicted octanol–water partition coefficient (Wildman–Crippen LogP) is 27.3. The van der Waals surface area contributed by atoms with E-state index in [4.69, 9.17) is 0 Å². The minimum absolute atomic E-state index is 0.300. The number of hydrogen-bond donors (Lipinski definition) is 0. The second-order valence-corrected chi connectivity index (χ2v) is 47.5. The molecule has 0 spiro atoms. The van der Waals surface area contributed by atoms with E-state index in [1.165, 1.54) is 142 Å². The van der Waals surface area contributed by atoms with Crippen molar-refractivity contribution in [3.05, 3.63) is 251 Å². The number of carbonyl (C=O) groups excluding carboxylic acids is 7. The summed E-state index contributed by atoms with van der Waals surface area (Å²) in [5.74, 6) is 8.81. The molecular weight excluding hydrogens is 1760 g/mol. The van der Waals surface area contributed by atoms with E-state index in [-0.39, 0.29) is 38.8 Å². The van der Waals surface area contributed by atoms with Gasteiger partial charge in [-0.2, -0.15) is 0 Å². The lowest BCUT2D eigenvalue weighted by atomic mass is 9.72. The molecule has 14 fully saturated rings. The Labute approximate surface area is 863 Å². The summed E-state index contributed by atoms with van der Waals surface area (Å²) in [7, 11) is 0. The van der Waals surface area contributed by atoms with E-state index < -0.39 is 0 Å². The van der Waals surface area contributed by atoms with Crippen molar-refractivity contribution in [3.63, 3.8) is 0 Å². The third-order valence-corrected chi connectivity index (χ3v) is 37.6. The zero-order chi connectivity index (χ0) is 101. The molecule has 0 amide bonds. The van der Waals surface area contributed by atoms with Crippen molar-refractivity contribution in [1.29, 1.82) is 0 Å². The van der Waals surface area contributed by atoms with Gasteiger partial charge in [0.05, 0.1) is 0 Å². The van der Waals surface area contributed by atoms with Gasteiger partial charge in [-0.1, -0.05) is 319 Å². The summed E-state index contributed by atoms with van der Waals surface area (Å²) < 4.78 is 0. The van der Waals surface area contributed by atoms with Crippen LogP contribution in [0.25, 0.3) is 0 Å². The number of rotatable bonds is 14. The topological polar surface area (TPSA) is 142 Å². The molecule has 7 aromatic carbocycles. The largest absolute Gasteiger partial charge is 0.297 e. The molecule has 14 heteroatoms. The summed E-state index contributed by atoms with van der Waals surface area (Å²) in [5.41, 5.74) is 6.15. The molecule has 0 bridgehead atoms. The van der Waals surface area contributed by atoms with E-state index >= 15 is 0 Å². The molecule has 774 valence electrons. The van der Waals surface area contributed by atoms with Gasteiger partial charge in [0.1, 0.15) is 38.8 Å². The number of benzene rings is 7. The first kappa shape index (κ1) is 109. The Bertz CT molecular complexity index is 5120. The van der Waals surface area contributed by atoms with E-state index in [0.717, 1.165) is 231 Å². The summed E-state index contributed by atoms with van der Waals surface area (Å²) in [4.78, 5) is 108. The summed E-state index contributed by atoms with van der Waals surface area (Å²) in [6, 6.07) is 75.6. The minimum Gasteiger partial charge on any atom is -0.297 e. The maximum Gasteiger partial charge on any atom is 0.157 e. The number of hydrogen-bond acceptors (Lipinski definition) is 14. The van der Waals surface area contributed by atoms with Crippen molar-refractivity contribution in [1.82, 2.24) is 34.3 Å². The monoisotopic (exact) mass is 1940 g/mol. The van der Waals surface area contributed by atoms with Crippen molar-refractivity contribution in [2.75, 3.05) is 65.4 Å². The maximum atomic E-state index is 13.0. The Balaban J connectivity index is 0.000000126. The first-order valence-electron chi connectivity index (χ1n) is 57.6. The molecule has 7 saturated heterocycles. The third-order valence-electron chi connectivity index (χ3n) is 37.6. The Morgan fingerprint density at radius 2 is 0.497 bits per heavy atom. The summed E-state index contributed by atoms with van der Waals surface area (Å²) in [5, 5.41) is 0. The highest BCUT2D eigenvalue weighted by Gasteiger charge is 2.57. The molecule has 143 heavy (non-hydrogen) atoms. The number of ketones is 7. The van der Waals surface area contributed by atoms with Gasteiger partial charge in [0.15, 0.2) is 40.5 Å². The maximum absolute atomic E-state index is 13.0. The molecule has 14 nitrogen and oxygen atoms in total. The Kier molecular flexibility index (Phi) is 38.4.